The predicted molar refractivity (Wildman–Crippen MR) is 34.3 cm³/mol. The van der Waals surface area contributed by atoms with Gasteiger partial charge in [0, 0.05) is 0 Å². The highest BCUT2D eigenvalue weighted by atomic mass is 32.2. The van der Waals surface area contributed by atoms with E-state index in [1.807, 2.05) is 0 Å². The first-order chi connectivity index (χ1) is 3.72. The third kappa shape index (κ3) is 1.75. The van der Waals surface area contributed by atoms with E-state index in [0.717, 1.165) is 0 Å². The molecule has 0 amide bonds. The van der Waals surface area contributed by atoms with Gasteiger partial charge >= 0.3 is 0 Å². The van der Waals surface area contributed by atoms with E-state index in [9.17, 15) is 8.42 Å². The summed E-state index contributed by atoms with van der Waals surface area (Å²) in [5.41, 5.74) is 0. The fraction of sp³-hybridized carbons (Fsp3) is 0. The molecule has 3 heteroatoms. The molecule has 0 atom stereocenters. The lowest BCUT2D eigenvalue weighted by atomic mass is 10.4. The van der Waals surface area contributed by atoms with Gasteiger partial charge in [-0.3, -0.25) is 0 Å². The van der Waals surface area contributed by atoms with E-state index in [4.69, 9.17) is 0 Å². The molecule has 0 radical (unpaired) electrons. The van der Waals surface area contributed by atoms with Crippen LogP contribution in [0.15, 0.2) is 25.3 Å². The molecule has 0 aromatic heterocycles. The maximum atomic E-state index is 9.98. The van der Waals surface area contributed by atoms with Crippen LogP contribution in [0.5, 0.6) is 0 Å². The predicted octanol–water partition coefficient (Wildman–Crippen LogP) is 0.410. The largest absolute Gasteiger partial charge is 0.221 e. The van der Waals surface area contributed by atoms with E-state index in [1.54, 1.807) is 0 Å². The van der Waals surface area contributed by atoms with E-state index in [-0.39, 0.29) is 4.86 Å². The molecule has 0 bridgehead atoms. The second-order valence-corrected chi connectivity index (χ2v) is 1.99. The Kier molecular flexibility index (Phi) is 2.88. The molecule has 0 aliphatic carbocycles. The SMILES string of the molecule is C=CC(C=C)=S(=O)=O. The molecule has 0 aromatic rings. The van der Waals surface area contributed by atoms with Gasteiger partial charge in [-0.2, -0.15) is 8.42 Å². The van der Waals surface area contributed by atoms with Crippen molar-refractivity contribution in [2.24, 2.45) is 0 Å². The molecule has 0 N–H and O–H groups in total. The average molecular weight is 130 g/mol. The van der Waals surface area contributed by atoms with Crippen LogP contribution in [-0.2, 0) is 10.3 Å². The number of allylic oxidation sites excluding steroid dienone is 2. The van der Waals surface area contributed by atoms with Crippen molar-refractivity contribution in [3.8, 4) is 0 Å². The molecule has 0 aromatic carbocycles. The highest BCUT2D eigenvalue weighted by Gasteiger charge is 1.81. The minimum absolute atomic E-state index is 0.130. The van der Waals surface area contributed by atoms with Gasteiger partial charge in [0.2, 0.25) is 10.3 Å². The molecule has 0 unspecified atom stereocenters. The van der Waals surface area contributed by atoms with Crippen molar-refractivity contribution in [3.63, 3.8) is 0 Å². The molecule has 44 valence electrons. The molecule has 0 fully saturated rings. The zero-order valence-electron chi connectivity index (χ0n) is 4.29. The summed E-state index contributed by atoms with van der Waals surface area (Å²) in [6.07, 6.45) is 2.46. The first-order valence-corrected chi connectivity index (χ1v) is 3.01. The molecular weight excluding hydrogens is 124 g/mol. The van der Waals surface area contributed by atoms with Crippen LogP contribution in [0.25, 0.3) is 0 Å². The quantitative estimate of drug-likeness (QED) is 0.401. The van der Waals surface area contributed by atoms with Gasteiger partial charge in [-0.15, -0.1) is 0 Å². The summed E-state index contributed by atoms with van der Waals surface area (Å²) in [4.78, 5) is 0.130. The number of hydrogen-bond donors (Lipinski definition) is 0. The Labute approximate surface area is 49.7 Å². The highest BCUT2D eigenvalue weighted by molar-refractivity contribution is 7.73. The molecular formula is C5H6O2S. The summed E-state index contributed by atoms with van der Waals surface area (Å²) in [7, 11) is -2.17. The number of hydrogen-bond acceptors (Lipinski definition) is 2. The summed E-state index contributed by atoms with van der Waals surface area (Å²) < 4.78 is 20.0. The molecule has 0 saturated heterocycles. The van der Waals surface area contributed by atoms with Gasteiger partial charge in [0.05, 0.1) is 4.86 Å². The maximum Gasteiger partial charge on any atom is 0.221 e. The van der Waals surface area contributed by atoms with Crippen molar-refractivity contribution in [3.05, 3.63) is 25.3 Å². The van der Waals surface area contributed by atoms with Gasteiger partial charge in [-0.05, 0) is 12.2 Å². The van der Waals surface area contributed by atoms with E-state index >= 15 is 0 Å². The second-order valence-electron chi connectivity index (χ2n) is 1.05. The highest BCUT2D eigenvalue weighted by Crippen LogP contribution is 1.73. The standard InChI is InChI=1S/C5H6O2S/c1-3-5(4-2)8(6)7/h3-4H,1-2H2. The van der Waals surface area contributed by atoms with Gasteiger partial charge in [0.25, 0.3) is 0 Å². The van der Waals surface area contributed by atoms with Crippen molar-refractivity contribution in [1.82, 2.24) is 0 Å². The van der Waals surface area contributed by atoms with Crippen LogP contribution in [-0.4, -0.2) is 13.3 Å². The smallest absolute Gasteiger partial charge is 0.184 e. The monoisotopic (exact) mass is 130 g/mol. The Morgan fingerprint density at radius 1 is 1.25 bits per heavy atom. The van der Waals surface area contributed by atoms with Crippen LogP contribution >= 0.6 is 0 Å². The molecule has 2 nitrogen and oxygen atoms in total. The van der Waals surface area contributed by atoms with Gasteiger partial charge in [-0.1, -0.05) is 13.2 Å². The van der Waals surface area contributed by atoms with Crippen LogP contribution in [0.4, 0.5) is 0 Å². The van der Waals surface area contributed by atoms with Crippen LogP contribution in [0.1, 0.15) is 0 Å². The lowest BCUT2D eigenvalue weighted by Crippen LogP contribution is -1.84. The third-order valence-electron chi connectivity index (χ3n) is 0.595. The van der Waals surface area contributed by atoms with Crippen LogP contribution in [0.3, 0.4) is 0 Å². The molecule has 0 rings (SSSR count). The average Bonchev–Trinajstić information content (AvgIpc) is 1.69. The summed E-state index contributed by atoms with van der Waals surface area (Å²) in [5, 5.41) is 0. The first-order valence-electron chi connectivity index (χ1n) is 1.93. The van der Waals surface area contributed by atoms with Gasteiger partial charge in [-0.25, -0.2) is 0 Å². The van der Waals surface area contributed by atoms with Crippen molar-refractivity contribution in [2.45, 2.75) is 0 Å². The zero-order chi connectivity index (χ0) is 6.57. The fourth-order valence-electron chi connectivity index (χ4n) is 0.219. The Morgan fingerprint density at radius 2 is 1.62 bits per heavy atom. The Hall–Kier alpha value is -0.830. The first kappa shape index (κ1) is 7.17. The Balaban J connectivity index is 4.88. The van der Waals surface area contributed by atoms with E-state index < -0.39 is 10.3 Å². The van der Waals surface area contributed by atoms with E-state index in [1.165, 1.54) is 12.2 Å². The summed E-state index contributed by atoms with van der Waals surface area (Å²) in [6, 6.07) is 0. The van der Waals surface area contributed by atoms with E-state index in [2.05, 4.69) is 13.2 Å². The zero-order valence-corrected chi connectivity index (χ0v) is 5.11. The molecule has 0 saturated carbocycles. The lowest BCUT2D eigenvalue weighted by Gasteiger charge is -1.73. The molecule has 0 aliphatic rings. The summed E-state index contributed by atoms with van der Waals surface area (Å²) in [6.45, 7) is 6.50. The van der Waals surface area contributed by atoms with Gasteiger partial charge < -0.3 is 0 Å². The number of rotatable bonds is 2. The van der Waals surface area contributed by atoms with E-state index in [0.29, 0.717) is 0 Å². The maximum absolute atomic E-state index is 9.98. The molecule has 8 heavy (non-hydrogen) atoms. The molecule has 0 heterocycles. The van der Waals surface area contributed by atoms with Gasteiger partial charge in [0.1, 0.15) is 0 Å². The van der Waals surface area contributed by atoms with Crippen molar-refractivity contribution >= 4 is 15.2 Å². The van der Waals surface area contributed by atoms with Crippen LogP contribution < -0.4 is 0 Å². The Morgan fingerprint density at radius 3 is 1.62 bits per heavy atom. The Bertz CT molecular complexity index is 203. The minimum atomic E-state index is -2.17. The third-order valence-corrected chi connectivity index (χ3v) is 1.31. The molecule has 0 aliphatic heterocycles. The lowest BCUT2D eigenvalue weighted by molar-refractivity contribution is 0.627. The summed E-state index contributed by atoms with van der Waals surface area (Å²) in [5.74, 6) is 0. The van der Waals surface area contributed by atoms with Crippen LogP contribution in [0, 0.1) is 0 Å². The normalized spacial score (nSPS) is 7.50. The van der Waals surface area contributed by atoms with Crippen molar-refractivity contribution in [2.75, 3.05) is 0 Å². The topological polar surface area (TPSA) is 34.1 Å². The molecule has 0 spiro atoms. The van der Waals surface area contributed by atoms with Crippen molar-refractivity contribution in [1.29, 1.82) is 0 Å². The second kappa shape index (κ2) is 3.21. The van der Waals surface area contributed by atoms with Crippen LogP contribution in [0.2, 0.25) is 0 Å². The summed E-state index contributed by atoms with van der Waals surface area (Å²) >= 11 is 0. The minimum Gasteiger partial charge on any atom is -0.184 e. The fourth-order valence-corrected chi connectivity index (χ4v) is 0.492. The van der Waals surface area contributed by atoms with Crippen molar-refractivity contribution < 1.29 is 8.42 Å². The van der Waals surface area contributed by atoms with Gasteiger partial charge in [0.15, 0.2) is 0 Å².